The number of alkyl halides is 3. The van der Waals surface area contributed by atoms with Crippen molar-refractivity contribution in [3.8, 4) is 11.4 Å². The molecule has 0 radical (unpaired) electrons. The number of nitrogens with one attached hydrogen (secondary N) is 1. The first-order chi connectivity index (χ1) is 8.95. The summed E-state index contributed by atoms with van der Waals surface area (Å²) < 4.78 is 38.0. The molecule has 0 amide bonds. The quantitative estimate of drug-likeness (QED) is 0.823. The number of hydrogen-bond donors (Lipinski definition) is 2. The van der Waals surface area contributed by atoms with E-state index in [-0.39, 0.29) is 17.1 Å². The Kier molecular flexibility index (Phi) is 2.51. The van der Waals surface area contributed by atoms with E-state index in [9.17, 15) is 13.2 Å². The fourth-order valence-corrected chi connectivity index (χ4v) is 1.86. The number of hydrogen-bond acceptors (Lipinski definition) is 3. The lowest BCUT2D eigenvalue weighted by molar-refractivity contribution is -0.137. The summed E-state index contributed by atoms with van der Waals surface area (Å²) in [5.41, 5.74) is 5.39. The number of halogens is 3. The van der Waals surface area contributed by atoms with Gasteiger partial charge in [-0.2, -0.15) is 18.3 Å². The molecule has 1 fully saturated rings. The van der Waals surface area contributed by atoms with Crippen molar-refractivity contribution in [1.82, 2.24) is 15.2 Å². The molecule has 2 aromatic rings. The molecule has 1 saturated carbocycles. The molecule has 0 atom stereocenters. The summed E-state index contributed by atoms with van der Waals surface area (Å²) >= 11 is 0. The van der Waals surface area contributed by atoms with Gasteiger partial charge in [0.1, 0.15) is 5.82 Å². The summed E-state index contributed by atoms with van der Waals surface area (Å²) in [7, 11) is 0. The van der Waals surface area contributed by atoms with Gasteiger partial charge in [0.25, 0.3) is 0 Å². The minimum absolute atomic E-state index is 0.206. The van der Waals surface area contributed by atoms with Gasteiger partial charge in [-0.05, 0) is 31.0 Å². The van der Waals surface area contributed by atoms with E-state index in [0.29, 0.717) is 11.7 Å². The molecular formula is C12H11F3N4. The summed E-state index contributed by atoms with van der Waals surface area (Å²) in [6.07, 6.45) is -2.34. The van der Waals surface area contributed by atoms with Crippen molar-refractivity contribution in [2.24, 2.45) is 0 Å². The van der Waals surface area contributed by atoms with Crippen molar-refractivity contribution in [1.29, 1.82) is 0 Å². The van der Waals surface area contributed by atoms with Crippen LogP contribution in [-0.2, 0) is 6.18 Å². The van der Waals surface area contributed by atoms with Crippen LogP contribution in [0.2, 0.25) is 0 Å². The first-order valence-corrected chi connectivity index (χ1v) is 5.84. The Balaban J connectivity index is 2.02. The predicted molar refractivity (Wildman–Crippen MR) is 63.2 cm³/mol. The Bertz CT molecular complexity index is 614. The molecule has 1 aliphatic carbocycles. The molecule has 100 valence electrons. The normalized spacial score (nSPS) is 15.7. The molecule has 0 bridgehead atoms. The minimum atomic E-state index is -4.40. The second-order valence-electron chi connectivity index (χ2n) is 4.62. The van der Waals surface area contributed by atoms with Crippen LogP contribution in [0.25, 0.3) is 11.4 Å². The second kappa shape index (κ2) is 3.97. The van der Waals surface area contributed by atoms with Crippen LogP contribution in [-0.4, -0.2) is 15.2 Å². The van der Waals surface area contributed by atoms with Crippen molar-refractivity contribution >= 4 is 5.69 Å². The largest absolute Gasteiger partial charge is 0.416 e. The third kappa shape index (κ3) is 2.27. The molecule has 3 N–H and O–H groups in total. The number of anilines is 1. The summed E-state index contributed by atoms with van der Waals surface area (Å²) in [6.45, 7) is 0. The molecule has 0 unspecified atom stereocenters. The third-order valence-electron chi connectivity index (χ3n) is 3.09. The lowest BCUT2D eigenvalue weighted by Gasteiger charge is -2.09. The Morgan fingerprint density at radius 2 is 2.00 bits per heavy atom. The van der Waals surface area contributed by atoms with E-state index in [2.05, 4.69) is 15.2 Å². The molecule has 1 aromatic heterocycles. The molecule has 0 saturated heterocycles. The van der Waals surface area contributed by atoms with Crippen LogP contribution >= 0.6 is 0 Å². The number of rotatable bonds is 2. The maximum absolute atomic E-state index is 12.7. The first-order valence-electron chi connectivity index (χ1n) is 5.84. The van der Waals surface area contributed by atoms with Gasteiger partial charge in [0, 0.05) is 17.2 Å². The second-order valence-corrected chi connectivity index (χ2v) is 4.62. The molecule has 0 aliphatic heterocycles. The van der Waals surface area contributed by atoms with Gasteiger partial charge >= 0.3 is 6.18 Å². The van der Waals surface area contributed by atoms with E-state index in [1.54, 1.807) is 0 Å². The van der Waals surface area contributed by atoms with Crippen molar-refractivity contribution in [3.05, 3.63) is 29.6 Å². The van der Waals surface area contributed by atoms with E-state index in [1.165, 1.54) is 6.07 Å². The van der Waals surface area contributed by atoms with Crippen LogP contribution < -0.4 is 5.73 Å². The average Bonchev–Trinajstić information content (AvgIpc) is 3.07. The van der Waals surface area contributed by atoms with Gasteiger partial charge in [-0.1, -0.05) is 0 Å². The molecule has 3 rings (SSSR count). The predicted octanol–water partition coefficient (Wildman–Crippen LogP) is 2.95. The van der Waals surface area contributed by atoms with Crippen molar-refractivity contribution in [2.45, 2.75) is 24.9 Å². The summed E-state index contributed by atoms with van der Waals surface area (Å²) in [5, 5.41) is 6.70. The third-order valence-corrected chi connectivity index (χ3v) is 3.09. The fraction of sp³-hybridized carbons (Fsp3) is 0.333. The van der Waals surface area contributed by atoms with Gasteiger partial charge in [0.05, 0.1) is 5.56 Å². The molecule has 0 spiro atoms. The zero-order chi connectivity index (χ0) is 13.6. The number of nitrogens with two attached hydrogens (primary N) is 1. The van der Waals surface area contributed by atoms with Gasteiger partial charge in [-0.15, -0.1) is 0 Å². The van der Waals surface area contributed by atoms with E-state index in [0.717, 1.165) is 25.0 Å². The monoisotopic (exact) mass is 268 g/mol. The van der Waals surface area contributed by atoms with Crippen LogP contribution in [0.15, 0.2) is 18.2 Å². The lowest BCUT2D eigenvalue weighted by atomic mass is 10.1. The Hall–Kier alpha value is -2.05. The van der Waals surface area contributed by atoms with Crippen LogP contribution in [0.1, 0.15) is 30.1 Å². The first kappa shape index (κ1) is 12.0. The van der Waals surface area contributed by atoms with Crippen molar-refractivity contribution in [2.75, 3.05) is 5.73 Å². The van der Waals surface area contributed by atoms with E-state index in [4.69, 9.17) is 5.73 Å². The van der Waals surface area contributed by atoms with Crippen molar-refractivity contribution in [3.63, 3.8) is 0 Å². The Labute approximate surface area is 106 Å². The topological polar surface area (TPSA) is 67.6 Å². The smallest absolute Gasteiger partial charge is 0.398 e. The zero-order valence-corrected chi connectivity index (χ0v) is 9.83. The van der Waals surface area contributed by atoms with E-state index in [1.807, 2.05) is 0 Å². The highest BCUT2D eigenvalue weighted by atomic mass is 19.4. The lowest BCUT2D eigenvalue weighted by Crippen LogP contribution is -2.06. The standard InChI is InChI=1S/C12H11F3N4/c13-12(14,15)7-3-4-9(16)8(5-7)11-17-10(18-19-11)6-1-2-6/h3-6H,1-2,16H2,(H,17,18,19). The highest BCUT2D eigenvalue weighted by molar-refractivity contribution is 5.72. The van der Waals surface area contributed by atoms with Crippen LogP contribution in [0.5, 0.6) is 0 Å². The van der Waals surface area contributed by atoms with Crippen LogP contribution in [0.3, 0.4) is 0 Å². The molecule has 19 heavy (non-hydrogen) atoms. The number of aromatic amines is 1. The number of nitrogens with zero attached hydrogens (tertiary/aromatic N) is 2. The average molecular weight is 268 g/mol. The minimum Gasteiger partial charge on any atom is -0.398 e. The van der Waals surface area contributed by atoms with E-state index >= 15 is 0 Å². The maximum Gasteiger partial charge on any atom is 0.416 e. The molecule has 4 nitrogen and oxygen atoms in total. The fourth-order valence-electron chi connectivity index (χ4n) is 1.86. The zero-order valence-electron chi connectivity index (χ0n) is 9.83. The van der Waals surface area contributed by atoms with Gasteiger partial charge in [0.15, 0.2) is 5.82 Å². The van der Waals surface area contributed by atoms with Crippen LogP contribution in [0, 0.1) is 0 Å². The van der Waals surface area contributed by atoms with Gasteiger partial charge < -0.3 is 5.73 Å². The molecule has 1 aliphatic rings. The molecule has 7 heteroatoms. The van der Waals surface area contributed by atoms with Crippen LogP contribution in [0.4, 0.5) is 18.9 Å². The highest BCUT2D eigenvalue weighted by Crippen LogP contribution is 2.39. The number of benzene rings is 1. The molecular weight excluding hydrogens is 257 g/mol. The number of H-pyrrole nitrogens is 1. The number of aromatic nitrogens is 3. The summed E-state index contributed by atoms with van der Waals surface area (Å²) in [4.78, 5) is 4.21. The SMILES string of the molecule is Nc1ccc(C(F)(F)F)cc1-c1n[nH]c(C2CC2)n1. The Morgan fingerprint density at radius 3 is 2.63 bits per heavy atom. The van der Waals surface area contributed by atoms with Gasteiger partial charge in [0.2, 0.25) is 0 Å². The summed E-state index contributed by atoms with van der Waals surface area (Å²) in [6, 6.07) is 3.16. The van der Waals surface area contributed by atoms with E-state index < -0.39 is 11.7 Å². The molecule has 1 aromatic carbocycles. The Morgan fingerprint density at radius 1 is 1.26 bits per heavy atom. The molecule has 1 heterocycles. The highest BCUT2D eigenvalue weighted by Gasteiger charge is 2.32. The van der Waals surface area contributed by atoms with Gasteiger partial charge in [-0.25, -0.2) is 4.98 Å². The van der Waals surface area contributed by atoms with Crippen molar-refractivity contribution < 1.29 is 13.2 Å². The maximum atomic E-state index is 12.7. The number of nitrogen functional groups attached to an aromatic ring is 1. The van der Waals surface area contributed by atoms with Gasteiger partial charge in [-0.3, -0.25) is 5.10 Å². The summed E-state index contributed by atoms with van der Waals surface area (Å²) in [5.74, 6) is 1.28.